The predicted molar refractivity (Wildman–Crippen MR) is 247 cm³/mol. The molecule has 0 atom stereocenters. The summed E-state index contributed by atoms with van der Waals surface area (Å²) in [5.41, 5.74) is 21.1. The molecule has 10 rings (SSSR count). The minimum Gasteiger partial charge on any atom is -0.311 e. The van der Waals surface area contributed by atoms with Gasteiger partial charge in [-0.05, 0) is 133 Å². The standard InChI is InChI=1S/C57H45N/c1-57(2)55-39-48(31-38-53(55)54-20-12-19-52(56(54)57)47-23-21-43(22-24-47)40-13-6-3-7-14-40)46-29-36-51(37-30-46)58(49-32-25-44(26-33-49)41-15-8-4-9-16-41)50-34-27-45(28-35-50)42-17-10-5-11-18-42/h4-6,8-39H,3,7H2,1-2H3. The number of rotatable bonds is 8. The molecule has 8 aromatic carbocycles. The van der Waals surface area contributed by atoms with Crippen molar-refractivity contribution in [2.24, 2.45) is 0 Å². The average Bonchev–Trinajstić information content (AvgIpc) is 3.53. The Kier molecular flexibility index (Phi) is 9.07. The van der Waals surface area contributed by atoms with Crippen LogP contribution in [0.3, 0.4) is 0 Å². The summed E-state index contributed by atoms with van der Waals surface area (Å²) in [7, 11) is 0. The van der Waals surface area contributed by atoms with Crippen molar-refractivity contribution in [2.75, 3.05) is 4.90 Å². The smallest absolute Gasteiger partial charge is 0.0462 e. The molecule has 2 aliphatic carbocycles. The van der Waals surface area contributed by atoms with Crippen molar-refractivity contribution >= 4 is 22.6 Å². The van der Waals surface area contributed by atoms with E-state index in [1.54, 1.807) is 0 Å². The van der Waals surface area contributed by atoms with Crippen LogP contribution >= 0.6 is 0 Å². The molecule has 2 aliphatic rings. The maximum absolute atomic E-state index is 2.43. The van der Waals surface area contributed by atoms with Crippen LogP contribution in [0.2, 0.25) is 0 Å². The van der Waals surface area contributed by atoms with Crippen LogP contribution in [-0.2, 0) is 5.41 Å². The van der Waals surface area contributed by atoms with Crippen LogP contribution in [0.25, 0.3) is 61.2 Å². The first kappa shape index (κ1) is 35.5. The van der Waals surface area contributed by atoms with Gasteiger partial charge >= 0.3 is 0 Å². The molecule has 0 heterocycles. The molecule has 0 amide bonds. The topological polar surface area (TPSA) is 3.24 Å². The minimum atomic E-state index is -0.154. The van der Waals surface area contributed by atoms with Crippen LogP contribution < -0.4 is 4.90 Å². The Labute approximate surface area is 342 Å². The summed E-state index contributed by atoms with van der Waals surface area (Å²) in [6, 6.07) is 71.2. The maximum atomic E-state index is 2.43. The van der Waals surface area contributed by atoms with E-state index in [1.165, 1.54) is 77.9 Å². The quantitative estimate of drug-likeness (QED) is 0.150. The van der Waals surface area contributed by atoms with Gasteiger partial charge in [-0.3, -0.25) is 0 Å². The van der Waals surface area contributed by atoms with Crippen LogP contribution in [-0.4, -0.2) is 0 Å². The van der Waals surface area contributed by atoms with Gasteiger partial charge in [0.25, 0.3) is 0 Å². The van der Waals surface area contributed by atoms with E-state index >= 15 is 0 Å². The molecule has 1 nitrogen and oxygen atoms in total. The zero-order valence-corrected chi connectivity index (χ0v) is 33.1. The summed E-state index contributed by atoms with van der Waals surface area (Å²) in [6.07, 6.45) is 9.14. The fraction of sp³-hybridized carbons (Fsp3) is 0.0877. The van der Waals surface area contributed by atoms with Crippen LogP contribution in [0.4, 0.5) is 17.1 Å². The van der Waals surface area contributed by atoms with Gasteiger partial charge in [0.15, 0.2) is 0 Å². The molecule has 0 aliphatic heterocycles. The SMILES string of the molecule is CC1(C)c2cc(-c3ccc(N(c4ccc(-c5ccccc5)cc4)c4ccc(-c5ccccc5)cc4)cc3)ccc2-c2cccc(-c3ccc(C4=CCCC=C4)cc3)c21. The van der Waals surface area contributed by atoms with Gasteiger partial charge in [-0.25, -0.2) is 0 Å². The van der Waals surface area contributed by atoms with Crippen LogP contribution in [0, 0.1) is 0 Å². The van der Waals surface area contributed by atoms with Gasteiger partial charge in [-0.15, -0.1) is 0 Å². The molecule has 1 heteroatoms. The molecule has 0 N–H and O–H groups in total. The van der Waals surface area contributed by atoms with E-state index in [0.29, 0.717) is 0 Å². The number of anilines is 3. The second kappa shape index (κ2) is 14.8. The number of allylic oxidation sites excluding steroid dienone is 4. The largest absolute Gasteiger partial charge is 0.311 e. The van der Waals surface area contributed by atoms with Crippen molar-refractivity contribution in [1.82, 2.24) is 0 Å². The van der Waals surface area contributed by atoms with Crippen molar-refractivity contribution in [1.29, 1.82) is 0 Å². The third-order valence-electron chi connectivity index (χ3n) is 12.1. The molecule has 8 aromatic rings. The third kappa shape index (κ3) is 6.49. The number of hydrogen-bond acceptors (Lipinski definition) is 1. The number of hydrogen-bond donors (Lipinski definition) is 0. The highest BCUT2D eigenvalue weighted by atomic mass is 15.1. The highest BCUT2D eigenvalue weighted by Gasteiger charge is 2.37. The predicted octanol–water partition coefficient (Wildman–Crippen LogP) is 15.9. The van der Waals surface area contributed by atoms with E-state index in [1.807, 2.05) is 0 Å². The summed E-state index contributed by atoms with van der Waals surface area (Å²) in [5.74, 6) is 0. The first-order chi connectivity index (χ1) is 28.5. The van der Waals surface area contributed by atoms with Gasteiger partial charge in [0.2, 0.25) is 0 Å². The van der Waals surface area contributed by atoms with Gasteiger partial charge in [-0.1, -0.05) is 184 Å². The summed E-state index contributed by atoms with van der Waals surface area (Å²) in [6.45, 7) is 4.79. The molecule has 58 heavy (non-hydrogen) atoms. The minimum absolute atomic E-state index is 0.154. The molecule has 0 saturated heterocycles. The molecule has 0 radical (unpaired) electrons. The number of benzene rings is 8. The van der Waals surface area contributed by atoms with E-state index in [0.717, 1.165) is 29.9 Å². The van der Waals surface area contributed by atoms with Gasteiger partial charge in [0, 0.05) is 22.5 Å². The lowest BCUT2D eigenvalue weighted by atomic mass is 9.78. The molecular formula is C57H45N. The molecule has 0 saturated carbocycles. The van der Waals surface area contributed by atoms with Crippen molar-refractivity contribution in [2.45, 2.75) is 32.1 Å². The molecular weight excluding hydrogens is 699 g/mol. The lowest BCUT2D eigenvalue weighted by Gasteiger charge is -2.26. The highest BCUT2D eigenvalue weighted by Crippen LogP contribution is 2.53. The third-order valence-corrected chi connectivity index (χ3v) is 12.1. The van der Waals surface area contributed by atoms with Crippen molar-refractivity contribution in [3.8, 4) is 55.6 Å². The Morgan fingerprint density at radius 2 is 0.845 bits per heavy atom. The van der Waals surface area contributed by atoms with E-state index < -0.39 is 0 Å². The first-order valence-electron chi connectivity index (χ1n) is 20.5. The lowest BCUT2D eigenvalue weighted by molar-refractivity contribution is 0.662. The maximum Gasteiger partial charge on any atom is 0.0462 e. The molecule has 0 unspecified atom stereocenters. The van der Waals surface area contributed by atoms with Crippen molar-refractivity contribution < 1.29 is 0 Å². The molecule has 278 valence electrons. The zero-order valence-electron chi connectivity index (χ0n) is 33.1. The van der Waals surface area contributed by atoms with Crippen molar-refractivity contribution in [3.63, 3.8) is 0 Å². The first-order valence-corrected chi connectivity index (χ1v) is 20.5. The fourth-order valence-corrected chi connectivity index (χ4v) is 9.09. The molecule has 0 fully saturated rings. The lowest BCUT2D eigenvalue weighted by Crippen LogP contribution is -2.16. The molecule has 0 bridgehead atoms. The Bertz CT molecular complexity index is 2710. The molecule has 0 aromatic heterocycles. The Hall–Kier alpha value is -6.96. The van der Waals surface area contributed by atoms with Gasteiger partial charge < -0.3 is 4.90 Å². The van der Waals surface area contributed by atoms with Crippen LogP contribution in [0.5, 0.6) is 0 Å². The Morgan fingerprint density at radius 3 is 1.38 bits per heavy atom. The monoisotopic (exact) mass is 743 g/mol. The van der Waals surface area contributed by atoms with E-state index in [4.69, 9.17) is 0 Å². The van der Waals surface area contributed by atoms with Crippen molar-refractivity contribution in [3.05, 3.63) is 229 Å². The summed E-state index contributed by atoms with van der Waals surface area (Å²) in [5, 5.41) is 0. The van der Waals surface area contributed by atoms with Gasteiger partial charge in [-0.2, -0.15) is 0 Å². The second-order valence-corrected chi connectivity index (χ2v) is 16.0. The summed E-state index contributed by atoms with van der Waals surface area (Å²) < 4.78 is 0. The Morgan fingerprint density at radius 1 is 0.379 bits per heavy atom. The van der Waals surface area contributed by atoms with E-state index in [2.05, 4.69) is 231 Å². The fourth-order valence-electron chi connectivity index (χ4n) is 9.09. The second-order valence-electron chi connectivity index (χ2n) is 16.0. The molecule has 0 spiro atoms. The Balaban J connectivity index is 0.972. The van der Waals surface area contributed by atoms with E-state index in [-0.39, 0.29) is 5.41 Å². The normalized spacial score (nSPS) is 13.7. The summed E-state index contributed by atoms with van der Waals surface area (Å²) in [4.78, 5) is 2.35. The van der Waals surface area contributed by atoms with Gasteiger partial charge in [0.05, 0.1) is 0 Å². The number of nitrogens with zero attached hydrogens (tertiary/aromatic N) is 1. The zero-order chi connectivity index (χ0) is 39.1. The van der Waals surface area contributed by atoms with Crippen LogP contribution in [0.15, 0.2) is 212 Å². The summed E-state index contributed by atoms with van der Waals surface area (Å²) >= 11 is 0. The van der Waals surface area contributed by atoms with Gasteiger partial charge in [0.1, 0.15) is 0 Å². The average molecular weight is 744 g/mol. The number of fused-ring (bicyclic) bond motifs is 3. The highest BCUT2D eigenvalue weighted by molar-refractivity contribution is 5.90. The van der Waals surface area contributed by atoms with E-state index in [9.17, 15) is 0 Å². The van der Waals surface area contributed by atoms with Crippen LogP contribution in [0.1, 0.15) is 43.4 Å².